The lowest BCUT2D eigenvalue weighted by Gasteiger charge is -2.45. The van der Waals surface area contributed by atoms with E-state index in [1.54, 1.807) is 0 Å². The van der Waals surface area contributed by atoms with Gasteiger partial charge in [0.1, 0.15) is 0 Å². The van der Waals surface area contributed by atoms with Crippen LogP contribution in [0, 0.1) is 0 Å². The van der Waals surface area contributed by atoms with Gasteiger partial charge in [-0.1, -0.05) is 20.3 Å². The quantitative estimate of drug-likeness (QED) is 0.921. The van der Waals surface area contributed by atoms with Gasteiger partial charge in [0.05, 0.1) is 5.69 Å². The summed E-state index contributed by atoms with van der Waals surface area (Å²) in [7, 11) is 0. The van der Waals surface area contributed by atoms with Crippen molar-refractivity contribution in [3.8, 4) is 0 Å². The summed E-state index contributed by atoms with van der Waals surface area (Å²) in [6, 6.07) is 5.68. The predicted molar refractivity (Wildman–Crippen MR) is 87.6 cm³/mol. The van der Waals surface area contributed by atoms with E-state index in [-0.39, 0.29) is 0 Å². The summed E-state index contributed by atoms with van der Waals surface area (Å²) in [5, 5.41) is 3.45. The van der Waals surface area contributed by atoms with Gasteiger partial charge in [-0.2, -0.15) is 0 Å². The minimum atomic E-state index is 0.501. The third-order valence-corrected chi connectivity index (χ3v) is 4.69. The van der Waals surface area contributed by atoms with Gasteiger partial charge in [0.15, 0.2) is 0 Å². The minimum Gasteiger partial charge on any atom is -0.369 e. The molecule has 0 saturated carbocycles. The number of aromatic nitrogens is 1. The summed E-state index contributed by atoms with van der Waals surface area (Å²) in [5.74, 6) is 0. The van der Waals surface area contributed by atoms with Crippen molar-refractivity contribution in [1.29, 1.82) is 0 Å². The first-order valence-corrected chi connectivity index (χ1v) is 8.39. The van der Waals surface area contributed by atoms with E-state index in [2.05, 4.69) is 46.1 Å². The monoisotopic (exact) mass is 288 g/mol. The number of fused-ring (bicyclic) bond motifs is 1. The Morgan fingerprint density at radius 3 is 3.05 bits per heavy atom. The molecular weight excluding hydrogens is 260 g/mol. The third kappa shape index (κ3) is 3.74. The molecule has 21 heavy (non-hydrogen) atoms. The summed E-state index contributed by atoms with van der Waals surface area (Å²) in [6.45, 7) is 10.1. The molecule has 1 unspecified atom stereocenters. The standard InChI is InChI=1S/C17H28N4/c1-14(2)19-12-15-11-16(6-7-18-15)21-10-9-20-8-4-3-5-17(20)13-21/h6-7,11,14,17,19H,3-5,8-10,12-13H2,1-2H3. The topological polar surface area (TPSA) is 31.4 Å². The van der Waals surface area contributed by atoms with E-state index in [1.165, 1.54) is 44.6 Å². The van der Waals surface area contributed by atoms with E-state index in [4.69, 9.17) is 0 Å². The Labute approximate surface area is 128 Å². The van der Waals surface area contributed by atoms with Gasteiger partial charge in [0.2, 0.25) is 0 Å². The van der Waals surface area contributed by atoms with Crippen LogP contribution in [-0.4, -0.2) is 48.1 Å². The molecule has 3 heterocycles. The van der Waals surface area contributed by atoms with Gasteiger partial charge in [-0.15, -0.1) is 0 Å². The fourth-order valence-electron chi connectivity index (χ4n) is 3.46. The Bertz CT molecular complexity index is 460. The maximum Gasteiger partial charge on any atom is 0.0562 e. The normalized spacial score (nSPS) is 23.4. The van der Waals surface area contributed by atoms with Crippen LogP contribution in [0.1, 0.15) is 38.8 Å². The second-order valence-corrected chi connectivity index (χ2v) is 6.67. The third-order valence-electron chi connectivity index (χ3n) is 4.69. The van der Waals surface area contributed by atoms with Crippen LogP contribution in [0.15, 0.2) is 18.3 Å². The highest BCUT2D eigenvalue weighted by Gasteiger charge is 2.28. The van der Waals surface area contributed by atoms with Gasteiger partial charge < -0.3 is 10.2 Å². The van der Waals surface area contributed by atoms with Crippen LogP contribution in [0.5, 0.6) is 0 Å². The van der Waals surface area contributed by atoms with Gasteiger partial charge in [-0.3, -0.25) is 9.88 Å². The molecule has 116 valence electrons. The van der Waals surface area contributed by atoms with E-state index in [1.807, 2.05) is 6.20 Å². The van der Waals surface area contributed by atoms with Crippen molar-refractivity contribution < 1.29 is 0 Å². The number of piperidine rings is 1. The molecular formula is C17H28N4. The fourth-order valence-corrected chi connectivity index (χ4v) is 3.46. The highest BCUT2D eigenvalue weighted by molar-refractivity contribution is 5.47. The zero-order chi connectivity index (χ0) is 14.7. The summed E-state index contributed by atoms with van der Waals surface area (Å²) in [4.78, 5) is 9.72. The number of hydrogen-bond acceptors (Lipinski definition) is 4. The van der Waals surface area contributed by atoms with Crippen LogP contribution in [0.3, 0.4) is 0 Å². The molecule has 1 N–H and O–H groups in total. The highest BCUT2D eigenvalue weighted by Crippen LogP contribution is 2.25. The molecule has 4 nitrogen and oxygen atoms in total. The molecule has 1 aromatic heterocycles. The van der Waals surface area contributed by atoms with Crippen molar-refractivity contribution in [3.05, 3.63) is 24.0 Å². The van der Waals surface area contributed by atoms with Crippen LogP contribution in [0.25, 0.3) is 0 Å². The van der Waals surface area contributed by atoms with Gasteiger partial charge in [-0.25, -0.2) is 0 Å². The molecule has 0 amide bonds. The van der Waals surface area contributed by atoms with Crippen molar-refractivity contribution in [2.24, 2.45) is 0 Å². The molecule has 0 spiro atoms. The molecule has 4 heteroatoms. The summed E-state index contributed by atoms with van der Waals surface area (Å²) in [5.41, 5.74) is 2.49. The van der Waals surface area contributed by atoms with Crippen LogP contribution in [0.2, 0.25) is 0 Å². The minimum absolute atomic E-state index is 0.501. The van der Waals surface area contributed by atoms with Crippen molar-refractivity contribution in [3.63, 3.8) is 0 Å². The summed E-state index contributed by atoms with van der Waals surface area (Å²) < 4.78 is 0. The molecule has 2 fully saturated rings. The Balaban J connectivity index is 1.64. The number of piperazine rings is 1. The summed E-state index contributed by atoms with van der Waals surface area (Å²) in [6.07, 6.45) is 6.11. The van der Waals surface area contributed by atoms with Gasteiger partial charge in [0.25, 0.3) is 0 Å². The largest absolute Gasteiger partial charge is 0.369 e. The average molecular weight is 288 g/mol. The molecule has 2 saturated heterocycles. The number of hydrogen-bond donors (Lipinski definition) is 1. The first kappa shape index (κ1) is 14.8. The Morgan fingerprint density at radius 1 is 1.29 bits per heavy atom. The van der Waals surface area contributed by atoms with E-state index < -0.39 is 0 Å². The number of nitrogens with one attached hydrogen (secondary N) is 1. The van der Waals surface area contributed by atoms with Gasteiger partial charge >= 0.3 is 0 Å². The Morgan fingerprint density at radius 2 is 2.19 bits per heavy atom. The molecule has 0 aliphatic carbocycles. The lowest BCUT2D eigenvalue weighted by atomic mass is 9.99. The highest BCUT2D eigenvalue weighted by atomic mass is 15.3. The second kappa shape index (κ2) is 6.75. The lowest BCUT2D eigenvalue weighted by molar-refractivity contribution is 0.133. The molecule has 3 rings (SSSR count). The zero-order valence-electron chi connectivity index (χ0n) is 13.4. The Kier molecular flexibility index (Phi) is 4.76. The molecule has 1 atom stereocenters. The first-order chi connectivity index (χ1) is 10.2. The van der Waals surface area contributed by atoms with Crippen LogP contribution in [0.4, 0.5) is 5.69 Å². The molecule has 1 aromatic rings. The molecule has 2 aliphatic rings. The van der Waals surface area contributed by atoms with E-state index in [0.717, 1.165) is 24.8 Å². The van der Waals surface area contributed by atoms with Gasteiger partial charge in [0, 0.05) is 50.1 Å². The number of anilines is 1. The number of rotatable bonds is 4. The Hall–Kier alpha value is -1.13. The van der Waals surface area contributed by atoms with Crippen molar-refractivity contribution in [2.75, 3.05) is 31.1 Å². The smallest absolute Gasteiger partial charge is 0.0562 e. The van der Waals surface area contributed by atoms with Crippen LogP contribution < -0.4 is 10.2 Å². The van der Waals surface area contributed by atoms with E-state index in [9.17, 15) is 0 Å². The number of nitrogens with zero attached hydrogens (tertiary/aromatic N) is 3. The maximum absolute atomic E-state index is 4.49. The predicted octanol–water partition coefficient (Wildman–Crippen LogP) is 2.25. The summed E-state index contributed by atoms with van der Waals surface area (Å²) >= 11 is 0. The molecule has 0 aromatic carbocycles. The average Bonchev–Trinajstić information content (AvgIpc) is 2.53. The van der Waals surface area contributed by atoms with Crippen LogP contribution in [-0.2, 0) is 6.54 Å². The maximum atomic E-state index is 4.49. The first-order valence-electron chi connectivity index (χ1n) is 8.39. The lowest BCUT2D eigenvalue weighted by Crippen LogP contribution is -2.54. The molecule has 0 bridgehead atoms. The second-order valence-electron chi connectivity index (χ2n) is 6.67. The van der Waals surface area contributed by atoms with E-state index >= 15 is 0 Å². The molecule has 0 radical (unpaired) electrons. The fraction of sp³-hybridized carbons (Fsp3) is 0.706. The van der Waals surface area contributed by atoms with Crippen molar-refractivity contribution in [2.45, 2.75) is 51.7 Å². The zero-order valence-corrected chi connectivity index (χ0v) is 13.4. The van der Waals surface area contributed by atoms with Gasteiger partial charge in [-0.05, 0) is 31.5 Å². The van der Waals surface area contributed by atoms with Crippen LogP contribution >= 0.6 is 0 Å². The molecule has 2 aliphatic heterocycles. The van der Waals surface area contributed by atoms with Crippen molar-refractivity contribution in [1.82, 2.24) is 15.2 Å². The SMILES string of the molecule is CC(C)NCc1cc(N2CCN3CCCCC3C2)ccn1. The van der Waals surface area contributed by atoms with Crippen molar-refractivity contribution >= 4 is 5.69 Å². The number of pyridine rings is 1. The van der Waals surface area contributed by atoms with E-state index in [0.29, 0.717) is 6.04 Å².